The highest BCUT2D eigenvalue weighted by atomic mass is 32.1. The van der Waals surface area contributed by atoms with Gasteiger partial charge in [-0.2, -0.15) is 4.37 Å². The summed E-state index contributed by atoms with van der Waals surface area (Å²) in [7, 11) is 0. The lowest BCUT2D eigenvalue weighted by Gasteiger charge is -2.33. The van der Waals surface area contributed by atoms with Crippen LogP contribution in [0.1, 0.15) is 109 Å². The molecule has 3 amide bonds. The Hall–Kier alpha value is -2.94. The van der Waals surface area contributed by atoms with Crippen molar-refractivity contribution in [3.8, 4) is 0 Å². The summed E-state index contributed by atoms with van der Waals surface area (Å²) >= 11 is 0.928. The van der Waals surface area contributed by atoms with Gasteiger partial charge in [0.05, 0.1) is 5.69 Å². The summed E-state index contributed by atoms with van der Waals surface area (Å²) in [6.07, 6.45) is 10.6. The van der Waals surface area contributed by atoms with Crippen molar-refractivity contribution < 1.29 is 14.4 Å². The van der Waals surface area contributed by atoms with Gasteiger partial charge in [-0.15, -0.1) is 0 Å². The molecule has 4 rings (SSSR count). The van der Waals surface area contributed by atoms with E-state index in [0.717, 1.165) is 80.4 Å². The molecule has 9 heteroatoms. The number of nitrogens with two attached hydrogens (primary N) is 1. The Morgan fingerprint density at radius 1 is 1.03 bits per heavy atom. The molecule has 1 atom stereocenters. The second-order valence-electron chi connectivity index (χ2n) is 10.8. The number of carbonyl (C=O) groups excluding carboxylic acids is 3. The lowest BCUT2D eigenvalue weighted by atomic mass is 9.95. The number of aromatic nitrogens is 1. The number of amides is 3. The van der Waals surface area contributed by atoms with E-state index in [4.69, 9.17) is 5.73 Å². The fourth-order valence-electron chi connectivity index (χ4n) is 5.74. The molecule has 2 saturated carbocycles. The zero-order valence-corrected chi connectivity index (χ0v) is 23.7. The van der Waals surface area contributed by atoms with Gasteiger partial charge in [-0.05, 0) is 69.1 Å². The van der Waals surface area contributed by atoms with Crippen LogP contribution in [0.2, 0.25) is 0 Å². The molecule has 38 heavy (non-hydrogen) atoms. The molecule has 1 aromatic carbocycles. The Morgan fingerprint density at radius 3 is 2.29 bits per heavy atom. The van der Waals surface area contributed by atoms with E-state index in [0.29, 0.717) is 12.1 Å². The number of nitrogens with zero attached hydrogens (tertiary/aromatic N) is 2. The number of aryl methyl sites for hydroxylation is 2. The van der Waals surface area contributed by atoms with Gasteiger partial charge >= 0.3 is 0 Å². The van der Waals surface area contributed by atoms with Gasteiger partial charge in [0, 0.05) is 17.8 Å². The van der Waals surface area contributed by atoms with Crippen LogP contribution in [0, 0.1) is 13.8 Å². The molecule has 2 fully saturated rings. The number of rotatable bonds is 9. The highest BCUT2D eigenvalue weighted by Crippen LogP contribution is 2.32. The quantitative estimate of drug-likeness (QED) is 0.401. The van der Waals surface area contributed by atoms with Gasteiger partial charge in [0.15, 0.2) is 5.69 Å². The van der Waals surface area contributed by atoms with Gasteiger partial charge in [0.25, 0.3) is 11.8 Å². The van der Waals surface area contributed by atoms with Gasteiger partial charge < -0.3 is 16.4 Å². The van der Waals surface area contributed by atoms with E-state index in [2.05, 4.69) is 15.0 Å². The second kappa shape index (κ2) is 12.7. The van der Waals surface area contributed by atoms with Crippen LogP contribution in [0.3, 0.4) is 0 Å². The topological polar surface area (TPSA) is 117 Å². The average Bonchev–Trinajstić information content (AvgIpc) is 3.54. The average molecular weight is 540 g/mol. The van der Waals surface area contributed by atoms with E-state index in [9.17, 15) is 14.4 Å². The van der Waals surface area contributed by atoms with Crippen LogP contribution < -0.4 is 21.3 Å². The first kappa shape index (κ1) is 28.1. The van der Waals surface area contributed by atoms with Gasteiger partial charge in [-0.1, -0.05) is 63.1 Å². The smallest absolute Gasteiger partial charge is 0.273 e. The SMILES string of the molecule is CCC[C@H](C(=O)NC1CCCC1)N(C(=O)c1snc(C(=O)NC2CCCCC2)c1N)c1ccc(C)cc1C. The van der Waals surface area contributed by atoms with Crippen molar-refractivity contribution >= 4 is 40.6 Å². The van der Waals surface area contributed by atoms with Gasteiger partial charge in [0.2, 0.25) is 5.91 Å². The van der Waals surface area contributed by atoms with Gasteiger partial charge in [-0.3, -0.25) is 19.3 Å². The molecule has 8 nitrogen and oxygen atoms in total. The third kappa shape index (κ3) is 6.37. The van der Waals surface area contributed by atoms with Crippen LogP contribution in [0.5, 0.6) is 0 Å². The Kier molecular flexibility index (Phi) is 9.41. The van der Waals surface area contributed by atoms with Crippen LogP contribution in [-0.2, 0) is 4.79 Å². The summed E-state index contributed by atoms with van der Waals surface area (Å²) < 4.78 is 4.30. The molecule has 0 aliphatic heterocycles. The first-order valence-corrected chi connectivity index (χ1v) is 14.8. The lowest BCUT2D eigenvalue weighted by Crippen LogP contribution is -2.52. The predicted molar refractivity (Wildman–Crippen MR) is 153 cm³/mol. The van der Waals surface area contributed by atoms with Crippen molar-refractivity contribution in [1.82, 2.24) is 15.0 Å². The molecule has 0 radical (unpaired) electrons. The van der Waals surface area contributed by atoms with E-state index in [1.807, 2.05) is 39.0 Å². The second-order valence-corrected chi connectivity index (χ2v) is 11.6. The molecule has 0 bridgehead atoms. The minimum Gasteiger partial charge on any atom is -0.395 e. The van der Waals surface area contributed by atoms with Crippen LogP contribution in [-0.4, -0.2) is 40.2 Å². The van der Waals surface area contributed by atoms with Crippen LogP contribution >= 0.6 is 11.5 Å². The van der Waals surface area contributed by atoms with E-state index < -0.39 is 11.9 Å². The van der Waals surface area contributed by atoms with Crippen molar-refractivity contribution in [3.05, 3.63) is 39.9 Å². The molecule has 0 saturated heterocycles. The van der Waals surface area contributed by atoms with Crippen molar-refractivity contribution in [2.75, 3.05) is 10.6 Å². The summed E-state index contributed by atoms with van der Waals surface area (Å²) in [5.41, 5.74) is 9.21. The number of nitrogen functional groups attached to an aromatic ring is 1. The molecular weight excluding hydrogens is 498 g/mol. The predicted octanol–water partition coefficient (Wildman–Crippen LogP) is 5.28. The zero-order valence-electron chi connectivity index (χ0n) is 22.8. The van der Waals surface area contributed by atoms with Crippen LogP contribution in [0.15, 0.2) is 18.2 Å². The third-order valence-electron chi connectivity index (χ3n) is 7.79. The number of hydrogen-bond donors (Lipinski definition) is 3. The molecule has 1 aromatic heterocycles. The molecular formula is C29H41N5O3S. The van der Waals surface area contributed by atoms with E-state index in [1.165, 1.54) is 6.42 Å². The van der Waals surface area contributed by atoms with E-state index in [1.54, 1.807) is 4.90 Å². The largest absolute Gasteiger partial charge is 0.395 e. The fraction of sp³-hybridized carbons (Fsp3) is 0.586. The Bertz CT molecular complexity index is 1150. The molecule has 0 spiro atoms. The highest BCUT2D eigenvalue weighted by molar-refractivity contribution is 7.09. The van der Waals surface area contributed by atoms with Crippen LogP contribution in [0.4, 0.5) is 11.4 Å². The van der Waals surface area contributed by atoms with Crippen molar-refractivity contribution in [1.29, 1.82) is 0 Å². The Morgan fingerprint density at radius 2 is 1.66 bits per heavy atom. The van der Waals surface area contributed by atoms with Gasteiger partial charge in [0.1, 0.15) is 10.9 Å². The van der Waals surface area contributed by atoms with Gasteiger partial charge in [-0.25, -0.2) is 0 Å². The molecule has 206 valence electrons. The summed E-state index contributed by atoms with van der Waals surface area (Å²) in [6, 6.07) is 5.39. The maximum atomic E-state index is 14.2. The maximum absolute atomic E-state index is 14.2. The zero-order chi connectivity index (χ0) is 27.2. The Labute approximate surface area is 229 Å². The van der Waals surface area contributed by atoms with Crippen molar-refractivity contribution in [2.24, 2.45) is 0 Å². The van der Waals surface area contributed by atoms with Crippen molar-refractivity contribution in [2.45, 2.75) is 110 Å². The first-order chi connectivity index (χ1) is 18.3. The molecule has 2 aromatic rings. The standard InChI is InChI=1S/C29H41N5O3S/c1-4-10-23(27(35)31-20-13-8-9-14-20)34(22-16-15-18(2)17-19(22)3)29(37)26-24(30)25(33-38-26)28(36)32-21-11-6-5-7-12-21/h15-17,20-21,23H,4-14,30H2,1-3H3,(H,31,35)(H,32,36)/t23-/m1/s1. The van der Waals surface area contributed by atoms with E-state index >= 15 is 0 Å². The number of nitrogens with one attached hydrogen (secondary N) is 2. The lowest BCUT2D eigenvalue weighted by molar-refractivity contribution is -0.123. The molecule has 4 N–H and O–H groups in total. The number of hydrogen-bond acceptors (Lipinski definition) is 6. The fourth-order valence-corrected chi connectivity index (χ4v) is 6.47. The van der Waals surface area contributed by atoms with E-state index in [-0.39, 0.29) is 40.2 Å². The maximum Gasteiger partial charge on any atom is 0.273 e. The number of benzene rings is 1. The van der Waals surface area contributed by atoms with Crippen molar-refractivity contribution in [3.63, 3.8) is 0 Å². The Balaban J connectivity index is 1.66. The number of carbonyl (C=O) groups is 3. The molecule has 0 unspecified atom stereocenters. The minimum absolute atomic E-state index is 0.0783. The molecule has 2 aliphatic rings. The molecule has 2 aliphatic carbocycles. The summed E-state index contributed by atoms with van der Waals surface area (Å²) in [6.45, 7) is 5.95. The molecule has 1 heterocycles. The summed E-state index contributed by atoms with van der Waals surface area (Å²) in [5, 5.41) is 6.24. The first-order valence-electron chi connectivity index (χ1n) is 14.1. The summed E-state index contributed by atoms with van der Waals surface area (Å²) in [5.74, 6) is -0.888. The normalized spacial score (nSPS) is 17.2. The number of anilines is 2. The minimum atomic E-state index is -0.699. The third-order valence-corrected chi connectivity index (χ3v) is 8.64. The monoisotopic (exact) mass is 539 g/mol. The van der Waals surface area contributed by atoms with Crippen LogP contribution in [0.25, 0.3) is 0 Å². The highest BCUT2D eigenvalue weighted by Gasteiger charge is 2.36. The summed E-state index contributed by atoms with van der Waals surface area (Å²) in [4.78, 5) is 42.6.